The van der Waals surface area contributed by atoms with Crippen LogP contribution in [0.2, 0.25) is 0 Å². The van der Waals surface area contributed by atoms with Gasteiger partial charge in [-0.25, -0.2) is 0 Å². The topological polar surface area (TPSA) is 106 Å². The van der Waals surface area contributed by atoms with E-state index in [4.69, 9.17) is 9.05 Å². The Bertz CT molecular complexity index is 1050. The largest absolute Gasteiger partial charge is 0.351 e. The van der Waals surface area contributed by atoms with Crippen molar-refractivity contribution in [1.29, 1.82) is 0 Å². The molecule has 1 aliphatic heterocycles. The second-order valence-corrected chi connectivity index (χ2v) is 7.95. The number of amides is 2. The molecule has 0 spiro atoms. The van der Waals surface area contributed by atoms with Crippen LogP contribution in [0.1, 0.15) is 38.3 Å². The van der Waals surface area contributed by atoms with Crippen LogP contribution in [0.3, 0.4) is 0 Å². The lowest BCUT2D eigenvalue weighted by Crippen LogP contribution is -2.50. The lowest BCUT2D eigenvalue weighted by atomic mass is 10.1. The lowest BCUT2D eigenvalue weighted by Gasteiger charge is -2.34. The van der Waals surface area contributed by atoms with Crippen LogP contribution in [-0.4, -0.2) is 63.1 Å². The SMILES string of the molecule is Cc1cc(C(=O)N2CCN(C(=O)c3ccccc3SCc3nc(C)no3)CC2)on1. The molecule has 1 aromatic carbocycles. The Morgan fingerprint density at radius 3 is 2.33 bits per heavy atom. The normalized spacial score (nSPS) is 14.2. The first-order valence-corrected chi connectivity index (χ1v) is 10.5. The maximum Gasteiger partial charge on any atom is 0.292 e. The number of benzene rings is 1. The monoisotopic (exact) mass is 427 g/mol. The summed E-state index contributed by atoms with van der Waals surface area (Å²) < 4.78 is 10.2. The molecule has 0 unspecified atom stereocenters. The van der Waals surface area contributed by atoms with Crippen molar-refractivity contribution in [3.8, 4) is 0 Å². The summed E-state index contributed by atoms with van der Waals surface area (Å²) in [6.45, 7) is 5.34. The maximum absolute atomic E-state index is 13.1. The number of aromatic nitrogens is 3. The van der Waals surface area contributed by atoms with Gasteiger partial charge in [-0.15, -0.1) is 11.8 Å². The van der Waals surface area contributed by atoms with Gasteiger partial charge in [-0.1, -0.05) is 22.4 Å². The lowest BCUT2D eigenvalue weighted by molar-refractivity contribution is 0.0511. The zero-order valence-electron chi connectivity index (χ0n) is 16.7. The molecule has 2 aromatic heterocycles. The number of rotatable bonds is 5. The number of aryl methyl sites for hydroxylation is 2. The Balaban J connectivity index is 1.39. The summed E-state index contributed by atoms with van der Waals surface area (Å²) in [4.78, 5) is 34.1. The number of nitrogens with zero attached hydrogens (tertiary/aromatic N) is 5. The first-order valence-electron chi connectivity index (χ1n) is 9.54. The third-order valence-electron chi connectivity index (χ3n) is 4.73. The van der Waals surface area contributed by atoms with Crippen LogP contribution in [0, 0.1) is 13.8 Å². The molecule has 0 radical (unpaired) electrons. The molecule has 156 valence electrons. The third kappa shape index (κ3) is 4.38. The predicted molar refractivity (Wildman–Crippen MR) is 108 cm³/mol. The summed E-state index contributed by atoms with van der Waals surface area (Å²) in [6, 6.07) is 9.10. The summed E-state index contributed by atoms with van der Waals surface area (Å²) in [5, 5.41) is 7.55. The fourth-order valence-corrected chi connectivity index (χ4v) is 4.09. The van der Waals surface area contributed by atoms with E-state index < -0.39 is 0 Å². The third-order valence-corrected chi connectivity index (χ3v) is 5.79. The van der Waals surface area contributed by atoms with Crippen LogP contribution >= 0.6 is 11.8 Å². The van der Waals surface area contributed by atoms with Crippen molar-refractivity contribution >= 4 is 23.6 Å². The number of thioether (sulfide) groups is 1. The summed E-state index contributed by atoms with van der Waals surface area (Å²) in [5.41, 5.74) is 1.29. The summed E-state index contributed by atoms with van der Waals surface area (Å²) in [5.74, 6) is 1.57. The molecule has 1 fully saturated rings. The van der Waals surface area contributed by atoms with Crippen LogP contribution in [0.25, 0.3) is 0 Å². The van der Waals surface area contributed by atoms with Gasteiger partial charge in [0.05, 0.1) is 17.0 Å². The van der Waals surface area contributed by atoms with E-state index in [0.717, 1.165) is 4.90 Å². The average Bonchev–Trinajstić information content (AvgIpc) is 3.39. The zero-order valence-corrected chi connectivity index (χ0v) is 17.5. The minimum Gasteiger partial charge on any atom is -0.351 e. The van der Waals surface area contributed by atoms with Gasteiger partial charge < -0.3 is 18.8 Å². The highest BCUT2D eigenvalue weighted by molar-refractivity contribution is 7.98. The van der Waals surface area contributed by atoms with Crippen molar-refractivity contribution < 1.29 is 18.6 Å². The number of carbonyl (C=O) groups is 2. The maximum atomic E-state index is 13.1. The Hall–Kier alpha value is -3.14. The van der Waals surface area contributed by atoms with Crippen molar-refractivity contribution in [2.24, 2.45) is 0 Å². The zero-order chi connectivity index (χ0) is 21.1. The van der Waals surface area contributed by atoms with Crippen LogP contribution in [-0.2, 0) is 5.75 Å². The Labute approximate surface area is 177 Å². The minimum atomic E-state index is -0.200. The summed E-state index contributed by atoms with van der Waals surface area (Å²) in [6.07, 6.45) is 0. The van der Waals surface area contributed by atoms with E-state index >= 15 is 0 Å². The highest BCUT2D eigenvalue weighted by Gasteiger charge is 2.28. The Morgan fingerprint density at radius 1 is 1.00 bits per heavy atom. The van der Waals surface area contributed by atoms with Gasteiger partial charge in [0.1, 0.15) is 0 Å². The van der Waals surface area contributed by atoms with Crippen molar-refractivity contribution in [2.75, 3.05) is 26.2 Å². The van der Waals surface area contributed by atoms with Crippen LogP contribution in [0.4, 0.5) is 0 Å². The molecule has 3 aromatic rings. The molecule has 9 nitrogen and oxygen atoms in total. The fraction of sp³-hybridized carbons (Fsp3) is 0.350. The predicted octanol–water partition coefficient (Wildman–Crippen LogP) is 2.56. The molecule has 0 atom stereocenters. The minimum absolute atomic E-state index is 0.0533. The second-order valence-electron chi connectivity index (χ2n) is 6.94. The standard InChI is InChI=1S/C20H21N5O4S/c1-13-11-16(28-22-13)20(27)25-9-7-24(8-10-25)19(26)15-5-3-4-6-17(15)30-12-18-21-14(2)23-29-18/h3-6,11H,7-10,12H2,1-2H3. The molecule has 1 saturated heterocycles. The van der Waals surface area contributed by atoms with Gasteiger partial charge in [-0.3, -0.25) is 9.59 Å². The highest BCUT2D eigenvalue weighted by Crippen LogP contribution is 2.27. The van der Waals surface area contributed by atoms with Crippen molar-refractivity contribution in [1.82, 2.24) is 25.1 Å². The first-order chi connectivity index (χ1) is 14.5. The van der Waals surface area contributed by atoms with Gasteiger partial charge >= 0.3 is 0 Å². The quantitative estimate of drug-likeness (QED) is 0.572. The van der Waals surface area contributed by atoms with E-state index in [9.17, 15) is 9.59 Å². The molecule has 3 heterocycles. The molecular weight excluding hydrogens is 406 g/mol. The van der Waals surface area contributed by atoms with Crippen molar-refractivity contribution in [3.63, 3.8) is 0 Å². The molecule has 10 heteroatoms. The molecule has 2 amide bonds. The number of piperazine rings is 1. The molecule has 0 N–H and O–H groups in total. The molecule has 4 rings (SSSR count). The summed E-state index contributed by atoms with van der Waals surface area (Å²) in [7, 11) is 0. The van der Waals surface area contributed by atoms with Crippen LogP contribution in [0.15, 0.2) is 44.3 Å². The van der Waals surface area contributed by atoms with Gasteiger partial charge in [-0.05, 0) is 26.0 Å². The van der Waals surface area contributed by atoms with Gasteiger partial charge in [0, 0.05) is 37.1 Å². The highest BCUT2D eigenvalue weighted by atomic mass is 32.2. The van der Waals surface area contributed by atoms with E-state index in [-0.39, 0.29) is 17.6 Å². The molecule has 1 aliphatic rings. The number of hydrogen-bond donors (Lipinski definition) is 0. The fourth-order valence-electron chi connectivity index (χ4n) is 3.21. The van der Waals surface area contributed by atoms with Gasteiger partial charge in [-0.2, -0.15) is 4.98 Å². The molecule has 0 bridgehead atoms. The smallest absolute Gasteiger partial charge is 0.292 e. The molecular formula is C20H21N5O4S. The summed E-state index contributed by atoms with van der Waals surface area (Å²) >= 11 is 1.48. The average molecular weight is 427 g/mol. The van der Waals surface area contributed by atoms with E-state index in [1.165, 1.54) is 11.8 Å². The van der Waals surface area contributed by atoms with Crippen molar-refractivity contribution in [2.45, 2.75) is 24.5 Å². The number of carbonyl (C=O) groups excluding carboxylic acids is 2. The van der Waals surface area contributed by atoms with Gasteiger partial charge in [0.2, 0.25) is 11.7 Å². The van der Waals surface area contributed by atoms with E-state index in [0.29, 0.717) is 54.9 Å². The molecule has 0 aliphatic carbocycles. The van der Waals surface area contributed by atoms with E-state index in [1.807, 2.05) is 24.3 Å². The number of hydrogen-bond acceptors (Lipinski definition) is 8. The van der Waals surface area contributed by atoms with E-state index in [2.05, 4.69) is 15.3 Å². The molecule has 0 saturated carbocycles. The Kier molecular flexibility index (Phi) is 5.84. The second kappa shape index (κ2) is 8.70. The van der Waals surface area contributed by atoms with E-state index in [1.54, 1.807) is 29.7 Å². The van der Waals surface area contributed by atoms with Crippen molar-refractivity contribution in [3.05, 3.63) is 59.1 Å². The Morgan fingerprint density at radius 2 is 1.70 bits per heavy atom. The first kappa shape index (κ1) is 20.1. The molecule has 30 heavy (non-hydrogen) atoms. The van der Waals surface area contributed by atoms with Gasteiger partial charge in [0.25, 0.3) is 11.8 Å². The van der Waals surface area contributed by atoms with Crippen LogP contribution in [0.5, 0.6) is 0 Å². The van der Waals surface area contributed by atoms with Crippen LogP contribution < -0.4 is 0 Å². The van der Waals surface area contributed by atoms with Gasteiger partial charge in [0.15, 0.2) is 5.82 Å².